The van der Waals surface area contributed by atoms with E-state index < -0.39 is 18.0 Å². The Kier molecular flexibility index (Phi) is 7.55. The first kappa shape index (κ1) is 23.1. The number of nitrogens with zero attached hydrogens (tertiary/aromatic N) is 2. The Balaban J connectivity index is 1.81. The van der Waals surface area contributed by atoms with Gasteiger partial charge in [-0.3, -0.25) is 10.1 Å². The molecular formula is C21H30F2N6O2. The van der Waals surface area contributed by atoms with Gasteiger partial charge in [0.05, 0.1) is 12.2 Å². The molecule has 0 radical (unpaired) electrons. The Labute approximate surface area is 180 Å². The summed E-state index contributed by atoms with van der Waals surface area (Å²) in [4.78, 5) is 20.1. The number of hydrogen-bond donors (Lipinski definition) is 4. The number of primary amides is 1. The number of alkyl halides is 2. The van der Waals surface area contributed by atoms with Gasteiger partial charge >= 0.3 is 5.92 Å². The number of hydrogen-bond acceptors (Lipinski definition) is 7. The Morgan fingerprint density at radius 2 is 2.13 bits per heavy atom. The maximum absolute atomic E-state index is 14.8. The molecule has 3 atom stereocenters. The summed E-state index contributed by atoms with van der Waals surface area (Å²) in [6.45, 7) is 2.56. The van der Waals surface area contributed by atoms with E-state index in [1.807, 2.05) is 6.92 Å². The van der Waals surface area contributed by atoms with Gasteiger partial charge in [0.15, 0.2) is 6.17 Å². The molecule has 0 saturated heterocycles. The Morgan fingerprint density at radius 3 is 2.84 bits per heavy atom. The van der Waals surface area contributed by atoms with Crippen molar-refractivity contribution in [1.82, 2.24) is 10.3 Å². The normalized spacial score (nSPS) is 25.4. The second-order valence-electron chi connectivity index (χ2n) is 7.91. The number of ether oxygens (including phenoxy) is 1. The summed E-state index contributed by atoms with van der Waals surface area (Å²) in [6, 6.07) is 2.74. The van der Waals surface area contributed by atoms with Crippen LogP contribution in [0.3, 0.4) is 0 Å². The summed E-state index contributed by atoms with van der Waals surface area (Å²) in [5, 5.41) is 5.80. The van der Waals surface area contributed by atoms with E-state index in [1.54, 1.807) is 12.1 Å². The lowest BCUT2D eigenvalue weighted by molar-refractivity contribution is -0.114. The number of aromatic nitrogens is 1. The second kappa shape index (κ2) is 10.1. The van der Waals surface area contributed by atoms with Gasteiger partial charge in [-0.1, -0.05) is 26.2 Å². The lowest BCUT2D eigenvalue weighted by atomic mass is 9.90. The van der Waals surface area contributed by atoms with Crippen LogP contribution in [0.15, 0.2) is 35.0 Å². The lowest BCUT2D eigenvalue weighted by Gasteiger charge is -2.35. The average molecular weight is 437 g/mol. The molecule has 3 rings (SSSR count). The molecule has 2 heterocycles. The van der Waals surface area contributed by atoms with Crippen LogP contribution in [-0.2, 0) is 4.79 Å². The monoisotopic (exact) mass is 436 g/mol. The largest absolute Gasteiger partial charge is 0.478 e. The van der Waals surface area contributed by atoms with Gasteiger partial charge < -0.3 is 21.5 Å². The molecule has 170 valence electrons. The van der Waals surface area contributed by atoms with Crippen molar-refractivity contribution in [2.75, 3.05) is 11.9 Å². The van der Waals surface area contributed by atoms with Crippen molar-refractivity contribution < 1.29 is 18.3 Å². The van der Waals surface area contributed by atoms with E-state index in [-0.39, 0.29) is 23.5 Å². The summed E-state index contributed by atoms with van der Waals surface area (Å²) >= 11 is 0. The quantitative estimate of drug-likeness (QED) is 0.463. The van der Waals surface area contributed by atoms with E-state index >= 15 is 0 Å². The van der Waals surface area contributed by atoms with Crippen molar-refractivity contribution >= 4 is 17.4 Å². The van der Waals surface area contributed by atoms with Crippen molar-refractivity contribution in [2.45, 2.75) is 69.6 Å². The summed E-state index contributed by atoms with van der Waals surface area (Å²) in [6.07, 6.45) is 5.75. The number of dihydropyridines is 1. The Morgan fingerprint density at radius 1 is 1.35 bits per heavy atom. The van der Waals surface area contributed by atoms with Crippen LogP contribution >= 0.6 is 0 Å². The average Bonchev–Trinajstić information content (AvgIpc) is 2.72. The molecule has 1 aliphatic heterocycles. The number of unbranched alkanes of at least 4 members (excludes halogenated alkanes) is 1. The first-order valence-corrected chi connectivity index (χ1v) is 10.7. The number of anilines is 1. The van der Waals surface area contributed by atoms with E-state index in [4.69, 9.17) is 16.2 Å². The van der Waals surface area contributed by atoms with E-state index in [0.29, 0.717) is 30.7 Å². The number of pyridine rings is 1. The maximum Gasteiger partial charge on any atom is 0.302 e. The highest BCUT2D eigenvalue weighted by Gasteiger charge is 2.44. The molecule has 31 heavy (non-hydrogen) atoms. The minimum atomic E-state index is -3.39. The SMILES string of the molecule is CCCCOc1cc(NC2=NC(N[C@@H]3CCCC[C@@H]3N)C(F)(F)C=C2C(N)=O)ccn1. The van der Waals surface area contributed by atoms with Crippen LogP contribution in [0, 0.1) is 0 Å². The fourth-order valence-electron chi connectivity index (χ4n) is 3.65. The van der Waals surface area contributed by atoms with Crippen LogP contribution in [0.4, 0.5) is 14.5 Å². The minimum absolute atomic E-state index is 0.0361. The van der Waals surface area contributed by atoms with Crippen LogP contribution in [0.1, 0.15) is 45.4 Å². The highest BCUT2D eigenvalue weighted by molar-refractivity contribution is 6.25. The van der Waals surface area contributed by atoms with Gasteiger partial charge in [-0.2, -0.15) is 8.78 Å². The van der Waals surface area contributed by atoms with Crippen molar-refractivity contribution in [3.8, 4) is 5.88 Å². The first-order valence-electron chi connectivity index (χ1n) is 10.7. The summed E-state index contributed by atoms with van der Waals surface area (Å²) < 4.78 is 35.1. The summed E-state index contributed by atoms with van der Waals surface area (Å²) in [5.74, 6) is -4.04. The third kappa shape index (κ3) is 5.98. The van der Waals surface area contributed by atoms with Gasteiger partial charge in [-0.15, -0.1) is 0 Å². The van der Waals surface area contributed by atoms with Crippen LogP contribution in [0.5, 0.6) is 5.88 Å². The molecule has 1 saturated carbocycles. The van der Waals surface area contributed by atoms with E-state index in [0.717, 1.165) is 32.1 Å². The van der Waals surface area contributed by atoms with Gasteiger partial charge in [0.25, 0.3) is 5.91 Å². The number of nitrogens with two attached hydrogens (primary N) is 2. The highest BCUT2D eigenvalue weighted by Crippen LogP contribution is 2.30. The van der Waals surface area contributed by atoms with E-state index in [1.165, 1.54) is 6.20 Å². The second-order valence-corrected chi connectivity index (χ2v) is 7.91. The van der Waals surface area contributed by atoms with Gasteiger partial charge in [-0.05, 0) is 25.3 Å². The minimum Gasteiger partial charge on any atom is -0.478 e. The predicted octanol–water partition coefficient (Wildman–Crippen LogP) is 2.32. The molecule has 1 aromatic heterocycles. The van der Waals surface area contributed by atoms with Crippen molar-refractivity contribution in [1.29, 1.82) is 0 Å². The standard InChI is InChI=1S/C21H30F2N6O2/c1-2-3-10-31-17-11-13(8-9-26-17)27-19-14(18(25)30)12-21(22,23)20(29-19)28-16-7-5-4-6-15(16)24/h8-9,11-12,15-16,20,28H,2-7,10,24H2,1H3,(H2,25,30)(H,26,27,29)/t15-,16+,20?/m0/s1. The van der Waals surface area contributed by atoms with E-state index in [2.05, 4.69) is 20.6 Å². The molecule has 8 nitrogen and oxygen atoms in total. The number of amides is 1. The zero-order chi connectivity index (χ0) is 22.4. The first-order chi connectivity index (χ1) is 14.8. The number of carbonyl (C=O) groups excluding carboxylic acids is 1. The number of halogens is 2. The summed E-state index contributed by atoms with van der Waals surface area (Å²) in [5.41, 5.74) is 11.6. The fraction of sp³-hybridized carbons (Fsp3) is 0.571. The van der Waals surface area contributed by atoms with Crippen LogP contribution in [0.25, 0.3) is 0 Å². The number of rotatable bonds is 8. The number of amidine groups is 1. The molecule has 1 fully saturated rings. The van der Waals surface area contributed by atoms with Gasteiger partial charge in [0.1, 0.15) is 5.84 Å². The molecule has 1 aliphatic carbocycles. The van der Waals surface area contributed by atoms with Gasteiger partial charge in [0, 0.05) is 36.1 Å². The lowest BCUT2D eigenvalue weighted by Crippen LogP contribution is -2.56. The molecule has 2 aliphatic rings. The van der Waals surface area contributed by atoms with Crippen molar-refractivity contribution in [2.24, 2.45) is 16.5 Å². The number of nitrogens with one attached hydrogen (secondary N) is 2. The Hall–Kier alpha value is -2.59. The fourth-order valence-corrected chi connectivity index (χ4v) is 3.65. The predicted molar refractivity (Wildman–Crippen MR) is 115 cm³/mol. The highest BCUT2D eigenvalue weighted by atomic mass is 19.3. The van der Waals surface area contributed by atoms with E-state index in [9.17, 15) is 13.6 Å². The van der Waals surface area contributed by atoms with Crippen LogP contribution < -0.4 is 26.8 Å². The molecule has 1 unspecified atom stereocenters. The zero-order valence-corrected chi connectivity index (χ0v) is 17.6. The molecule has 1 amide bonds. The molecule has 0 aromatic carbocycles. The van der Waals surface area contributed by atoms with Crippen LogP contribution in [-0.4, -0.2) is 47.5 Å². The van der Waals surface area contributed by atoms with Crippen LogP contribution in [0.2, 0.25) is 0 Å². The summed E-state index contributed by atoms with van der Waals surface area (Å²) in [7, 11) is 0. The third-order valence-corrected chi connectivity index (χ3v) is 5.42. The van der Waals surface area contributed by atoms with Crippen molar-refractivity contribution in [3.63, 3.8) is 0 Å². The van der Waals surface area contributed by atoms with Crippen molar-refractivity contribution in [3.05, 3.63) is 30.0 Å². The topological polar surface area (TPSA) is 128 Å². The number of carbonyl (C=O) groups is 1. The molecule has 0 bridgehead atoms. The molecule has 1 aromatic rings. The molecular weight excluding hydrogens is 406 g/mol. The maximum atomic E-state index is 14.8. The zero-order valence-electron chi connectivity index (χ0n) is 17.6. The van der Waals surface area contributed by atoms with Gasteiger partial charge in [-0.25, -0.2) is 9.98 Å². The number of aliphatic imine (C=N–C) groups is 1. The molecule has 10 heteroatoms. The van der Waals surface area contributed by atoms with Gasteiger partial charge in [0.2, 0.25) is 5.88 Å². The third-order valence-electron chi connectivity index (χ3n) is 5.42. The molecule has 0 spiro atoms. The smallest absolute Gasteiger partial charge is 0.302 e. The Bertz CT molecular complexity index is 845. The molecule has 6 N–H and O–H groups in total.